The molecule has 36 heavy (non-hydrogen) atoms. The second-order valence-electron chi connectivity index (χ2n) is 9.68. The number of nitrogens with zero attached hydrogens (tertiary/aromatic N) is 3. The Morgan fingerprint density at radius 2 is 1.78 bits per heavy atom. The van der Waals surface area contributed by atoms with Crippen LogP contribution in [0, 0.1) is 12.7 Å². The maximum absolute atomic E-state index is 15.2. The first kappa shape index (κ1) is 24.4. The van der Waals surface area contributed by atoms with Crippen molar-refractivity contribution in [2.24, 2.45) is 0 Å². The number of hydrogen-bond acceptors (Lipinski definition) is 5. The second kappa shape index (κ2) is 11.2. The van der Waals surface area contributed by atoms with Crippen LogP contribution in [0.2, 0.25) is 0 Å². The molecular weight excluding hydrogens is 455 g/mol. The normalized spacial score (nSPS) is 17.2. The molecule has 2 aromatic carbocycles. The Hall–Kier alpha value is -3.29. The number of aromatic nitrogens is 1. The Kier molecular flexibility index (Phi) is 7.58. The number of pyridine rings is 1. The zero-order valence-corrected chi connectivity index (χ0v) is 20.8. The molecule has 1 N–H and O–H groups in total. The second-order valence-corrected chi connectivity index (χ2v) is 9.68. The summed E-state index contributed by atoms with van der Waals surface area (Å²) in [4.78, 5) is 22.2. The van der Waals surface area contributed by atoms with Crippen molar-refractivity contribution in [3.8, 4) is 11.1 Å². The van der Waals surface area contributed by atoms with Crippen molar-refractivity contribution < 1.29 is 13.9 Å². The van der Waals surface area contributed by atoms with Gasteiger partial charge in [-0.2, -0.15) is 0 Å². The lowest BCUT2D eigenvalue weighted by Crippen LogP contribution is -2.44. The zero-order valence-electron chi connectivity index (χ0n) is 20.8. The molecule has 0 saturated carbocycles. The monoisotopic (exact) mass is 488 g/mol. The SMILES string of the molecule is Cc1ccc(-c2cccc(C(=O)NC3CCN(Cc4ccc(N5CCOCC5)nc4)CC3)c2F)cc1. The van der Waals surface area contributed by atoms with E-state index in [1.54, 1.807) is 18.2 Å². The molecule has 3 heterocycles. The molecule has 3 aromatic rings. The Bertz CT molecular complexity index is 1170. The summed E-state index contributed by atoms with van der Waals surface area (Å²) in [7, 11) is 0. The number of carbonyl (C=O) groups excluding carboxylic acids is 1. The molecule has 1 amide bonds. The van der Waals surface area contributed by atoms with Crippen LogP contribution in [0.3, 0.4) is 0 Å². The van der Waals surface area contributed by atoms with Gasteiger partial charge in [-0.3, -0.25) is 9.69 Å². The van der Waals surface area contributed by atoms with Crippen molar-refractivity contribution in [3.63, 3.8) is 0 Å². The molecular formula is C29H33FN4O2. The van der Waals surface area contributed by atoms with Crippen LogP contribution in [0.1, 0.15) is 34.3 Å². The minimum atomic E-state index is -0.468. The number of carbonyl (C=O) groups is 1. The van der Waals surface area contributed by atoms with E-state index in [0.717, 1.165) is 75.7 Å². The minimum absolute atomic E-state index is 0.0398. The molecule has 0 spiro atoms. The number of ether oxygens (including phenoxy) is 1. The fraction of sp³-hybridized carbons (Fsp3) is 0.379. The average Bonchev–Trinajstić information content (AvgIpc) is 2.91. The van der Waals surface area contributed by atoms with Crippen molar-refractivity contribution >= 4 is 11.7 Å². The maximum atomic E-state index is 15.2. The number of anilines is 1. The van der Waals surface area contributed by atoms with E-state index in [1.807, 2.05) is 37.4 Å². The van der Waals surface area contributed by atoms with Gasteiger partial charge in [0.2, 0.25) is 0 Å². The number of nitrogens with one attached hydrogen (secondary N) is 1. The number of halogens is 1. The van der Waals surface area contributed by atoms with E-state index in [1.165, 1.54) is 5.56 Å². The number of benzene rings is 2. The lowest BCUT2D eigenvalue weighted by Gasteiger charge is -2.32. The number of piperidine rings is 1. The van der Waals surface area contributed by atoms with Crippen molar-refractivity contribution in [2.75, 3.05) is 44.3 Å². The zero-order chi connectivity index (χ0) is 24.9. The molecule has 0 aliphatic carbocycles. The number of amides is 1. The van der Waals surface area contributed by atoms with Gasteiger partial charge in [-0.05, 0) is 43.0 Å². The summed E-state index contributed by atoms with van der Waals surface area (Å²) in [5.41, 5.74) is 3.62. The van der Waals surface area contributed by atoms with Crippen LogP contribution in [-0.4, -0.2) is 61.2 Å². The fourth-order valence-electron chi connectivity index (χ4n) is 4.91. The molecule has 2 aliphatic rings. The van der Waals surface area contributed by atoms with Gasteiger partial charge in [0, 0.05) is 50.5 Å². The van der Waals surface area contributed by atoms with Gasteiger partial charge in [0.15, 0.2) is 0 Å². The molecule has 2 fully saturated rings. The van der Waals surface area contributed by atoms with E-state index >= 15 is 4.39 Å². The highest BCUT2D eigenvalue weighted by molar-refractivity contribution is 5.96. The Morgan fingerprint density at radius 3 is 2.47 bits per heavy atom. The van der Waals surface area contributed by atoms with Crippen molar-refractivity contribution in [1.29, 1.82) is 0 Å². The number of aryl methyl sites for hydroxylation is 1. The summed E-state index contributed by atoms with van der Waals surface area (Å²) in [6.07, 6.45) is 3.64. The first-order chi connectivity index (χ1) is 17.6. The summed E-state index contributed by atoms with van der Waals surface area (Å²) in [5, 5.41) is 3.06. The molecule has 188 valence electrons. The number of hydrogen-bond donors (Lipinski definition) is 1. The van der Waals surface area contributed by atoms with Crippen LogP contribution in [0.15, 0.2) is 60.8 Å². The fourth-order valence-corrected chi connectivity index (χ4v) is 4.91. The third kappa shape index (κ3) is 5.74. The molecule has 2 aliphatic heterocycles. The highest BCUT2D eigenvalue weighted by Gasteiger charge is 2.23. The lowest BCUT2D eigenvalue weighted by atomic mass is 9.99. The van der Waals surface area contributed by atoms with E-state index in [9.17, 15) is 4.79 Å². The van der Waals surface area contributed by atoms with E-state index in [0.29, 0.717) is 5.56 Å². The van der Waals surface area contributed by atoms with Gasteiger partial charge in [-0.25, -0.2) is 9.37 Å². The third-order valence-electron chi connectivity index (χ3n) is 7.08. The highest BCUT2D eigenvalue weighted by Crippen LogP contribution is 2.26. The predicted molar refractivity (Wildman–Crippen MR) is 140 cm³/mol. The molecule has 7 heteroatoms. The summed E-state index contributed by atoms with van der Waals surface area (Å²) in [6.45, 7) is 7.85. The molecule has 0 bridgehead atoms. The number of likely N-dealkylation sites (tertiary alicyclic amines) is 1. The summed E-state index contributed by atoms with van der Waals surface area (Å²) >= 11 is 0. The molecule has 1 aromatic heterocycles. The molecule has 5 rings (SSSR count). The van der Waals surface area contributed by atoms with E-state index in [-0.39, 0.29) is 17.5 Å². The predicted octanol–water partition coefficient (Wildman–Crippen LogP) is 4.43. The minimum Gasteiger partial charge on any atom is -0.378 e. The number of rotatable bonds is 6. The largest absolute Gasteiger partial charge is 0.378 e. The van der Waals surface area contributed by atoms with Gasteiger partial charge in [0.1, 0.15) is 11.6 Å². The highest BCUT2D eigenvalue weighted by atomic mass is 19.1. The van der Waals surface area contributed by atoms with Gasteiger partial charge in [0.05, 0.1) is 18.8 Å². The van der Waals surface area contributed by atoms with Gasteiger partial charge >= 0.3 is 0 Å². The summed E-state index contributed by atoms with van der Waals surface area (Å²) < 4.78 is 20.6. The summed E-state index contributed by atoms with van der Waals surface area (Å²) in [5.74, 6) is 0.189. The molecule has 0 radical (unpaired) electrons. The Balaban J connectivity index is 1.14. The smallest absolute Gasteiger partial charge is 0.254 e. The number of morpholine rings is 1. The van der Waals surface area contributed by atoms with Gasteiger partial charge < -0.3 is 15.0 Å². The van der Waals surface area contributed by atoms with Crippen molar-refractivity contribution in [3.05, 3.63) is 83.3 Å². The molecule has 2 saturated heterocycles. The van der Waals surface area contributed by atoms with Crippen LogP contribution in [-0.2, 0) is 11.3 Å². The molecule has 6 nitrogen and oxygen atoms in total. The first-order valence-electron chi connectivity index (χ1n) is 12.7. The van der Waals surface area contributed by atoms with Gasteiger partial charge in [0.25, 0.3) is 5.91 Å². The Morgan fingerprint density at radius 1 is 1.03 bits per heavy atom. The Labute approximate surface area is 212 Å². The summed E-state index contributed by atoms with van der Waals surface area (Å²) in [6, 6.07) is 17.0. The molecule has 0 atom stereocenters. The van der Waals surface area contributed by atoms with Crippen molar-refractivity contribution in [2.45, 2.75) is 32.4 Å². The topological polar surface area (TPSA) is 57.7 Å². The third-order valence-corrected chi connectivity index (χ3v) is 7.08. The van der Waals surface area contributed by atoms with Crippen LogP contribution < -0.4 is 10.2 Å². The van der Waals surface area contributed by atoms with Crippen LogP contribution in [0.25, 0.3) is 11.1 Å². The van der Waals surface area contributed by atoms with Gasteiger partial charge in [-0.15, -0.1) is 0 Å². The first-order valence-corrected chi connectivity index (χ1v) is 12.7. The van der Waals surface area contributed by atoms with Crippen LogP contribution >= 0.6 is 0 Å². The van der Waals surface area contributed by atoms with Gasteiger partial charge in [-0.1, -0.05) is 48.0 Å². The van der Waals surface area contributed by atoms with Crippen LogP contribution in [0.5, 0.6) is 0 Å². The quantitative estimate of drug-likeness (QED) is 0.557. The van der Waals surface area contributed by atoms with E-state index in [2.05, 4.69) is 32.2 Å². The molecule has 0 unspecified atom stereocenters. The lowest BCUT2D eigenvalue weighted by molar-refractivity contribution is 0.0905. The standard InChI is InChI=1S/C29H33FN4O2/c1-21-5-8-23(9-6-21)25-3-2-4-26(28(25)30)29(35)32-24-11-13-33(14-12-24)20-22-7-10-27(31-19-22)34-15-17-36-18-16-34/h2-10,19,24H,11-18,20H2,1H3,(H,32,35). The van der Waals surface area contributed by atoms with E-state index < -0.39 is 5.82 Å². The van der Waals surface area contributed by atoms with E-state index in [4.69, 9.17) is 4.74 Å². The maximum Gasteiger partial charge on any atom is 0.254 e. The average molecular weight is 489 g/mol. The van der Waals surface area contributed by atoms with Crippen LogP contribution in [0.4, 0.5) is 10.2 Å². The van der Waals surface area contributed by atoms with Crippen molar-refractivity contribution in [1.82, 2.24) is 15.2 Å².